The average molecular weight is 432 g/mol. The molecule has 1 N–H and O–H groups in total. The summed E-state index contributed by atoms with van der Waals surface area (Å²) >= 11 is 11.9. The fourth-order valence-electron chi connectivity index (χ4n) is 2.83. The molecule has 0 amide bonds. The molecular weight excluding hydrogens is 417 g/mol. The molecular formula is C20H15Cl2N3O2S. The summed E-state index contributed by atoms with van der Waals surface area (Å²) in [5.41, 5.74) is 4.09. The van der Waals surface area contributed by atoms with Crippen molar-refractivity contribution in [1.29, 1.82) is 0 Å². The molecule has 0 fully saturated rings. The van der Waals surface area contributed by atoms with E-state index >= 15 is 0 Å². The molecule has 0 atom stereocenters. The monoisotopic (exact) mass is 431 g/mol. The zero-order chi connectivity index (χ0) is 19.9. The number of aryl methyl sites for hydroxylation is 1. The molecule has 0 aliphatic heterocycles. The Bertz CT molecular complexity index is 1280. The highest BCUT2D eigenvalue weighted by Crippen LogP contribution is 2.28. The van der Waals surface area contributed by atoms with Crippen LogP contribution in [0.1, 0.15) is 5.56 Å². The van der Waals surface area contributed by atoms with Gasteiger partial charge in [0.1, 0.15) is 10.5 Å². The highest BCUT2D eigenvalue weighted by molar-refractivity contribution is 7.92. The van der Waals surface area contributed by atoms with Crippen LogP contribution < -0.4 is 4.72 Å². The molecule has 142 valence electrons. The van der Waals surface area contributed by atoms with Crippen LogP contribution in [0.2, 0.25) is 10.0 Å². The summed E-state index contributed by atoms with van der Waals surface area (Å²) in [6.07, 6.45) is 3.89. The van der Waals surface area contributed by atoms with Crippen LogP contribution >= 0.6 is 23.2 Å². The number of sulfonamides is 1. The average Bonchev–Trinajstić information content (AvgIpc) is 3.07. The van der Waals surface area contributed by atoms with Gasteiger partial charge in [0.2, 0.25) is 0 Å². The van der Waals surface area contributed by atoms with E-state index in [1.807, 2.05) is 48.0 Å². The first-order valence-corrected chi connectivity index (χ1v) is 10.6. The first-order valence-electron chi connectivity index (χ1n) is 8.35. The minimum Gasteiger partial charge on any atom is -0.306 e. The van der Waals surface area contributed by atoms with E-state index in [9.17, 15) is 8.42 Å². The summed E-state index contributed by atoms with van der Waals surface area (Å²) in [4.78, 5) is 4.54. The third-order valence-electron chi connectivity index (χ3n) is 4.23. The summed E-state index contributed by atoms with van der Waals surface area (Å²) in [6, 6.07) is 15.3. The number of pyridine rings is 1. The number of rotatable bonds is 4. The second-order valence-electron chi connectivity index (χ2n) is 6.35. The van der Waals surface area contributed by atoms with Crippen LogP contribution in [0.25, 0.3) is 16.9 Å². The summed E-state index contributed by atoms with van der Waals surface area (Å²) in [6.45, 7) is 2.02. The minimum atomic E-state index is -3.86. The maximum Gasteiger partial charge on any atom is 0.263 e. The third kappa shape index (κ3) is 3.71. The molecule has 2 aromatic heterocycles. The molecule has 2 aromatic carbocycles. The van der Waals surface area contributed by atoms with Crippen LogP contribution in [0.5, 0.6) is 0 Å². The molecule has 0 aliphatic carbocycles. The van der Waals surface area contributed by atoms with Crippen molar-refractivity contribution in [2.24, 2.45) is 0 Å². The number of aromatic nitrogens is 2. The van der Waals surface area contributed by atoms with Gasteiger partial charge in [-0.3, -0.25) is 4.72 Å². The van der Waals surface area contributed by atoms with E-state index in [1.165, 1.54) is 18.2 Å². The van der Waals surface area contributed by atoms with Gasteiger partial charge in [-0.1, -0.05) is 35.3 Å². The van der Waals surface area contributed by atoms with Crippen LogP contribution in [-0.2, 0) is 10.0 Å². The topological polar surface area (TPSA) is 63.5 Å². The van der Waals surface area contributed by atoms with Crippen molar-refractivity contribution in [1.82, 2.24) is 9.38 Å². The van der Waals surface area contributed by atoms with E-state index in [0.717, 1.165) is 22.5 Å². The fraction of sp³-hybridized carbons (Fsp3) is 0.0500. The summed E-state index contributed by atoms with van der Waals surface area (Å²) in [5.74, 6) is 0. The minimum absolute atomic E-state index is 0.0681. The van der Waals surface area contributed by atoms with Crippen molar-refractivity contribution >= 4 is 44.6 Å². The highest BCUT2D eigenvalue weighted by atomic mass is 35.5. The zero-order valence-electron chi connectivity index (χ0n) is 14.7. The molecule has 28 heavy (non-hydrogen) atoms. The molecule has 8 heteroatoms. The molecule has 0 unspecified atom stereocenters. The number of fused-ring (bicyclic) bond motifs is 1. The Morgan fingerprint density at radius 1 is 1.00 bits per heavy atom. The zero-order valence-corrected chi connectivity index (χ0v) is 17.1. The molecule has 0 aliphatic rings. The molecule has 0 radical (unpaired) electrons. The Hall–Kier alpha value is -2.54. The lowest BCUT2D eigenvalue weighted by Crippen LogP contribution is -2.13. The second-order valence-corrected chi connectivity index (χ2v) is 8.85. The van der Waals surface area contributed by atoms with Gasteiger partial charge >= 0.3 is 0 Å². The number of hydrogen-bond acceptors (Lipinski definition) is 3. The van der Waals surface area contributed by atoms with Crippen LogP contribution in [-0.4, -0.2) is 17.8 Å². The molecule has 0 bridgehead atoms. The van der Waals surface area contributed by atoms with E-state index in [0.29, 0.717) is 10.7 Å². The van der Waals surface area contributed by atoms with Crippen LogP contribution in [0.15, 0.2) is 71.9 Å². The molecule has 0 saturated carbocycles. The number of benzene rings is 2. The number of nitrogens with zero attached hydrogens (tertiary/aromatic N) is 2. The predicted molar refractivity (Wildman–Crippen MR) is 113 cm³/mol. The van der Waals surface area contributed by atoms with E-state index in [4.69, 9.17) is 23.2 Å². The van der Waals surface area contributed by atoms with Crippen molar-refractivity contribution in [3.05, 3.63) is 82.6 Å². The fourth-order valence-corrected chi connectivity index (χ4v) is 4.65. The molecule has 4 aromatic rings. The van der Waals surface area contributed by atoms with E-state index in [1.54, 1.807) is 12.1 Å². The lowest BCUT2D eigenvalue weighted by Gasteiger charge is -2.10. The smallest absolute Gasteiger partial charge is 0.263 e. The Morgan fingerprint density at radius 2 is 1.75 bits per heavy atom. The van der Waals surface area contributed by atoms with Gasteiger partial charge < -0.3 is 4.40 Å². The summed E-state index contributed by atoms with van der Waals surface area (Å²) in [5, 5.41) is 0.399. The summed E-state index contributed by atoms with van der Waals surface area (Å²) in [7, 11) is -3.86. The Labute approximate surface area is 172 Å². The largest absolute Gasteiger partial charge is 0.306 e. The van der Waals surface area contributed by atoms with Gasteiger partial charge in [-0.05, 0) is 55.0 Å². The Morgan fingerprint density at radius 3 is 2.50 bits per heavy atom. The number of halogens is 2. The number of hydrogen-bond donors (Lipinski definition) is 1. The van der Waals surface area contributed by atoms with Crippen LogP contribution in [0.4, 0.5) is 5.69 Å². The number of nitrogens with one attached hydrogen (secondary N) is 1. The van der Waals surface area contributed by atoms with Crippen LogP contribution in [0.3, 0.4) is 0 Å². The van der Waals surface area contributed by atoms with Gasteiger partial charge in [0, 0.05) is 28.7 Å². The molecule has 2 heterocycles. The van der Waals surface area contributed by atoms with Crippen molar-refractivity contribution in [3.8, 4) is 11.3 Å². The standard InChI is InChI=1S/C20H15Cl2N3O2S/c1-13-8-9-25-12-18(23-20(25)10-13)14-2-5-16(6-3-14)24-28(26,27)19-11-15(21)4-7-17(19)22/h2-12,24H,1H3. The van der Waals surface area contributed by atoms with E-state index in [-0.39, 0.29) is 9.92 Å². The van der Waals surface area contributed by atoms with Crippen LogP contribution in [0, 0.1) is 6.92 Å². The molecule has 4 rings (SSSR count). The highest BCUT2D eigenvalue weighted by Gasteiger charge is 2.18. The lowest BCUT2D eigenvalue weighted by atomic mass is 10.1. The van der Waals surface area contributed by atoms with Gasteiger partial charge in [0.15, 0.2) is 0 Å². The van der Waals surface area contributed by atoms with Gasteiger partial charge in [-0.2, -0.15) is 0 Å². The Kier molecular flexibility index (Phi) is 4.79. The SMILES string of the molecule is Cc1ccn2cc(-c3ccc(NS(=O)(=O)c4cc(Cl)ccc4Cl)cc3)nc2c1. The first-order chi connectivity index (χ1) is 13.3. The third-order valence-corrected chi connectivity index (χ3v) is 6.33. The second kappa shape index (κ2) is 7.13. The molecule has 0 spiro atoms. The molecule has 5 nitrogen and oxygen atoms in total. The molecule has 0 saturated heterocycles. The normalized spacial score (nSPS) is 11.7. The predicted octanol–water partition coefficient (Wildman–Crippen LogP) is 5.42. The van der Waals surface area contributed by atoms with Gasteiger partial charge in [0.25, 0.3) is 10.0 Å². The summed E-state index contributed by atoms with van der Waals surface area (Å²) < 4.78 is 29.7. The first kappa shape index (κ1) is 18.8. The van der Waals surface area contributed by atoms with Crippen molar-refractivity contribution in [2.75, 3.05) is 4.72 Å². The number of imidazole rings is 1. The quantitative estimate of drug-likeness (QED) is 0.469. The maximum atomic E-state index is 12.6. The van der Waals surface area contributed by atoms with Crippen molar-refractivity contribution < 1.29 is 8.42 Å². The van der Waals surface area contributed by atoms with Gasteiger partial charge in [-0.25, -0.2) is 13.4 Å². The Balaban J connectivity index is 1.61. The van der Waals surface area contributed by atoms with E-state index in [2.05, 4.69) is 9.71 Å². The lowest BCUT2D eigenvalue weighted by molar-refractivity contribution is 0.601. The van der Waals surface area contributed by atoms with Gasteiger partial charge in [0.05, 0.1) is 10.7 Å². The van der Waals surface area contributed by atoms with E-state index < -0.39 is 10.0 Å². The van der Waals surface area contributed by atoms with Gasteiger partial charge in [-0.15, -0.1) is 0 Å². The van der Waals surface area contributed by atoms with Crippen molar-refractivity contribution in [2.45, 2.75) is 11.8 Å². The van der Waals surface area contributed by atoms with Crippen molar-refractivity contribution in [3.63, 3.8) is 0 Å². The maximum absolute atomic E-state index is 12.6. The number of anilines is 1.